The monoisotopic (exact) mass is 291 g/mol. The van der Waals surface area contributed by atoms with E-state index in [9.17, 15) is 4.79 Å². The smallest absolute Gasteiger partial charge is 0.257 e. The average molecular weight is 291 g/mol. The minimum atomic E-state index is 0.0582. The first-order chi connectivity index (χ1) is 9.72. The number of aromatic nitrogens is 1. The fraction of sp³-hybridized carbons (Fsp3) is 0.429. The molecule has 0 spiro atoms. The summed E-state index contributed by atoms with van der Waals surface area (Å²) in [7, 11) is 0. The van der Waals surface area contributed by atoms with Gasteiger partial charge in [0.25, 0.3) is 5.91 Å². The van der Waals surface area contributed by atoms with E-state index in [-0.39, 0.29) is 5.91 Å². The lowest BCUT2D eigenvalue weighted by molar-refractivity contribution is 0.0626. The molecule has 0 unspecified atom stereocenters. The van der Waals surface area contributed by atoms with Crippen molar-refractivity contribution in [1.29, 1.82) is 0 Å². The second kappa shape index (κ2) is 5.76. The lowest BCUT2D eigenvalue weighted by atomic mass is 10.2. The molecule has 20 heavy (non-hydrogen) atoms. The van der Waals surface area contributed by atoms with Crippen LogP contribution in [0.15, 0.2) is 28.4 Å². The molecule has 3 rings (SSSR count). The van der Waals surface area contributed by atoms with Gasteiger partial charge in [0.05, 0.1) is 22.5 Å². The molecular formula is C14H17N3O2S. The van der Waals surface area contributed by atoms with Crippen molar-refractivity contribution in [3.8, 4) is 0 Å². The van der Waals surface area contributed by atoms with E-state index in [1.165, 1.54) is 12.5 Å². The lowest BCUT2D eigenvalue weighted by Crippen LogP contribution is -2.48. The number of carbonyl (C=O) groups is 1. The molecular weight excluding hydrogens is 274 g/mol. The van der Waals surface area contributed by atoms with Crippen LogP contribution in [-0.4, -0.2) is 46.9 Å². The first-order valence-corrected chi connectivity index (χ1v) is 7.55. The number of aryl methyl sites for hydroxylation is 1. The number of carbonyl (C=O) groups excluding carboxylic acids is 1. The van der Waals surface area contributed by atoms with Crippen molar-refractivity contribution in [2.24, 2.45) is 0 Å². The van der Waals surface area contributed by atoms with Crippen molar-refractivity contribution in [3.63, 3.8) is 0 Å². The standard InChI is InChI=1S/C14H17N3O2S/c1-11-15-13(10-20-11)8-16-3-5-17(6-4-16)14(18)12-2-7-19-9-12/h2,7,9-10H,3-6,8H2,1H3. The van der Waals surface area contributed by atoms with E-state index in [1.54, 1.807) is 17.4 Å². The number of hydrogen-bond donors (Lipinski definition) is 0. The van der Waals surface area contributed by atoms with Gasteiger partial charge in [0.2, 0.25) is 0 Å². The summed E-state index contributed by atoms with van der Waals surface area (Å²) < 4.78 is 4.96. The van der Waals surface area contributed by atoms with Gasteiger partial charge in [-0.3, -0.25) is 9.69 Å². The number of hydrogen-bond acceptors (Lipinski definition) is 5. The molecule has 3 heterocycles. The third kappa shape index (κ3) is 2.91. The molecule has 0 atom stereocenters. The predicted octanol–water partition coefficient (Wildman–Crippen LogP) is 2.00. The Morgan fingerprint density at radius 3 is 2.80 bits per heavy atom. The number of amides is 1. The minimum Gasteiger partial charge on any atom is -0.472 e. The lowest BCUT2D eigenvalue weighted by Gasteiger charge is -2.34. The highest BCUT2D eigenvalue weighted by Crippen LogP contribution is 2.13. The summed E-state index contributed by atoms with van der Waals surface area (Å²) in [6.45, 7) is 6.19. The molecule has 0 bridgehead atoms. The summed E-state index contributed by atoms with van der Waals surface area (Å²) in [5, 5.41) is 3.21. The highest BCUT2D eigenvalue weighted by Gasteiger charge is 2.22. The number of piperazine rings is 1. The van der Waals surface area contributed by atoms with Crippen LogP contribution in [-0.2, 0) is 6.54 Å². The van der Waals surface area contributed by atoms with Gasteiger partial charge in [0, 0.05) is 38.1 Å². The van der Waals surface area contributed by atoms with Gasteiger partial charge >= 0.3 is 0 Å². The molecule has 106 valence electrons. The van der Waals surface area contributed by atoms with Gasteiger partial charge in [-0.05, 0) is 13.0 Å². The molecule has 0 N–H and O–H groups in total. The van der Waals surface area contributed by atoms with Gasteiger partial charge in [0.15, 0.2) is 0 Å². The van der Waals surface area contributed by atoms with E-state index in [1.807, 2.05) is 11.8 Å². The molecule has 1 aliphatic rings. The maximum absolute atomic E-state index is 12.2. The highest BCUT2D eigenvalue weighted by atomic mass is 32.1. The van der Waals surface area contributed by atoms with Crippen LogP contribution >= 0.6 is 11.3 Å². The Morgan fingerprint density at radius 1 is 1.40 bits per heavy atom. The number of thiazole rings is 1. The number of furan rings is 1. The normalized spacial score (nSPS) is 16.6. The average Bonchev–Trinajstić information content (AvgIpc) is 3.11. The zero-order valence-corrected chi connectivity index (χ0v) is 12.2. The Balaban J connectivity index is 1.53. The van der Waals surface area contributed by atoms with Crippen molar-refractivity contribution >= 4 is 17.2 Å². The van der Waals surface area contributed by atoms with Crippen LogP contribution in [0.1, 0.15) is 21.1 Å². The first kappa shape index (κ1) is 13.3. The molecule has 1 fully saturated rings. The summed E-state index contributed by atoms with van der Waals surface area (Å²) in [5.74, 6) is 0.0582. The maximum Gasteiger partial charge on any atom is 0.257 e. The van der Waals surface area contributed by atoms with Crippen LogP contribution in [0.2, 0.25) is 0 Å². The van der Waals surface area contributed by atoms with E-state index in [0.717, 1.165) is 43.4 Å². The summed E-state index contributed by atoms with van der Waals surface area (Å²) in [6, 6.07) is 1.72. The van der Waals surface area contributed by atoms with E-state index in [4.69, 9.17) is 4.42 Å². The van der Waals surface area contributed by atoms with E-state index in [0.29, 0.717) is 5.56 Å². The predicted molar refractivity (Wildman–Crippen MR) is 76.7 cm³/mol. The van der Waals surface area contributed by atoms with E-state index < -0.39 is 0 Å². The molecule has 0 radical (unpaired) electrons. The van der Waals surface area contributed by atoms with E-state index >= 15 is 0 Å². The Hall–Kier alpha value is -1.66. The van der Waals surface area contributed by atoms with Crippen LogP contribution in [0.5, 0.6) is 0 Å². The zero-order chi connectivity index (χ0) is 13.9. The molecule has 1 amide bonds. The molecule has 5 nitrogen and oxygen atoms in total. The van der Waals surface area contributed by atoms with Crippen molar-refractivity contribution in [2.45, 2.75) is 13.5 Å². The Labute approximate surface area is 121 Å². The van der Waals surface area contributed by atoms with Crippen LogP contribution in [0.3, 0.4) is 0 Å². The quantitative estimate of drug-likeness (QED) is 0.868. The molecule has 1 saturated heterocycles. The Bertz CT molecular complexity index is 571. The van der Waals surface area contributed by atoms with Crippen molar-refractivity contribution < 1.29 is 9.21 Å². The van der Waals surface area contributed by atoms with Crippen LogP contribution < -0.4 is 0 Å². The second-order valence-corrected chi connectivity index (χ2v) is 6.00. The zero-order valence-electron chi connectivity index (χ0n) is 11.4. The largest absolute Gasteiger partial charge is 0.472 e. The molecule has 0 saturated carbocycles. The molecule has 0 aromatic carbocycles. The minimum absolute atomic E-state index is 0.0582. The Morgan fingerprint density at radius 2 is 2.20 bits per heavy atom. The molecule has 1 aliphatic heterocycles. The maximum atomic E-state index is 12.2. The van der Waals surface area contributed by atoms with Crippen molar-refractivity contribution in [1.82, 2.24) is 14.8 Å². The summed E-state index contributed by atoms with van der Waals surface area (Å²) >= 11 is 1.68. The van der Waals surface area contributed by atoms with Gasteiger partial charge < -0.3 is 9.32 Å². The van der Waals surface area contributed by atoms with Gasteiger partial charge in [-0.25, -0.2) is 4.98 Å². The molecule has 6 heteroatoms. The van der Waals surface area contributed by atoms with Crippen molar-refractivity contribution in [2.75, 3.05) is 26.2 Å². The topological polar surface area (TPSA) is 49.6 Å². The third-order valence-corrected chi connectivity index (χ3v) is 4.30. The van der Waals surface area contributed by atoms with Crippen molar-refractivity contribution in [3.05, 3.63) is 40.2 Å². The fourth-order valence-electron chi connectivity index (χ4n) is 2.39. The molecule has 2 aromatic rings. The molecule has 2 aromatic heterocycles. The van der Waals surface area contributed by atoms with Crippen LogP contribution in [0.25, 0.3) is 0 Å². The van der Waals surface area contributed by atoms with Gasteiger partial charge in [-0.2, -0.15) is 0 Å². The number of rotatable bonds is 3. The van der Waals surface area contributed by atoms with Crippen LogP contribution in [0.4, 0.5) is 0 Å². The first-order valence-electron chi connectivity index (χ1n) is 6.67. The third-order valence-electron chi connectivity index (χ3n) is 3.48. The highest BCUT2D eigenvalue weighted by molar-refractivity contribution is 7.09. The summed E-state index contributed by atoms with van der Waals surface area (Å²) in [4.78, 5) is 20.9. The fourth-order valence-corrected chi connectivity index (χ4v) is 2.99. The van der Waals surface area contributed by atoms with Gasteiger partial charge in [0.1, 0.15) is 6.26 Å². The number of nitrogens with zero attached hydrogens (tertiary/aromatic N) is 3. The van der Waals surface area contributed by atoms with E-state index in [2.05, 4.69) is 15.3 Å². The summed E-state index contributed by atoms with van der Waals surface area (Å²) in [6.07, 6.45) is 3.04. The SMILES string of the molecule is Cc1nc(CN2CCN(C(=O)c3ccoc3)CC2)cs1. The van der Waals surface area contributed by atoms with Crippen LogP contribution in [0, 0.1) is 6.92 Å². The van der Waals surface area contributed by atoms with Gasteiger partial charge in [-0.15, -0.1) is 11.3 Å². The second-order valence-electron chi connectivity index (χ2n) is 4.94. The summed E-state index contributed by atoms with van der Waals surface area (Å²) in [5.41, 5.74) is 1.76. The molecule has 0 aliphatic carbocycles. The Kier molecular flexibility index (Phi) is 3.84. The van der Waals surface area contributed by atoms with Gasteiger partial charge in [-0.1, -0.05) is 0 Å².